The van der Waals surface area contributed by atoms with E-state index < -0.39 is 11.4 Å². The summed E-state index contributed by atoms with van der Waals surface area (Å²) in [7, 11) is 4.25. The van der Waals surface area contributed by atoms with Gasteiger partial charge in [0, 0.05) is 28.4 Å². The average molecular weight is 804 g/mol. The highest BCUT2D eigenvalue weighted by molar-refractivity contribution is 6.30. The maximum Gasteiger partial charge on any atom is 0.309 e. The molecule has 5 aliphatic rings. The molecule has 8 heteroatoms. The fourth-order valence-corrected chi connectivity index (χ4v) is 12.2. The van der Waals surface area contributed by atoms with E-state index in [1.807, 2.05) is 26.0 Å². The van der Waals surface area contributed by atoms with Crippen molar-refractivity contribution in [1.29, 1.82) is 0 Å². The number of anilines is 2. The summed E-state index contributed by atoms with van der Waals surface area (Å²) >= 11 is 6.27. The molecule has 3 aromatic rings. The Morgan fingerprint density at radius 3 is 2.27 bits per heavy atom. The lowest BCUT2D eigenvalue weighted by Gasteiger charge is -2.69. The molecule has 6 unspecified atom stereocenters. The molecule has 1 aliphatic heterocycles. The number of carbonyl (C=O) groups is 1. The summed E-state index contributed by atoms with van der Waals surface area (Å²) in [5.41, 5.74) is 9.44. The maximum atomic E-state index is 12.3. The number of nitrogens with zero attached hydrogens (tertiary/aromatic N) is 2. The normalized spacial score (nSPS) is 31.4. The summed E-state index contributed by atoms with van der Waals surface area (Å²) in [6.07, 6.45) is 13.3. The number of allylic oxidation sites excluding steroid dienone is 2. The zero-order valence-electron chi connectivity index (χ0n) is 34.9. The fraction of sp³-hybridized carbons (Fsp3) is 0.562. The second-order valence-corrected chi connectivity index (χ2v) is 19.7. The molecule has 3 saturated carbocycles. The number of halogens is 2. The van der Waals surface area contributed by atoms with Gasteiger partial charge in [-0.05, 0) is 179 Å². The largest absolute Gasteiger partial charge is 0.504 e. The maximum absolute atomic E-state index is 12.3. The minimum atomic E-state index is -0.641. The van der Waals surface area contributed by atoms with Crippen LogP contribution in [0.2, 0.25) is 5.02 Å². The van der Waals surface area contributed by atoms with Gasteiger partial charge in [-0.15, -0.1) is 12.4 Å². The lowest BCUT2D eigenvalue weighted by atomic mass is 9.34. The van der Waals surface area contributed by atoms with Crippen LogP contribution in [-0.2, 0) is 29.5 Å². The van der Waals surface area contributed by atoms with Gasteiger partial charge in [-0.3, -0.25) is 4.79 Å². The topological polar surface area (TPSA) is 84.2 Å². The number of hydrogen-bond donors (Lipinski definition) is 3. The average Bonchev–Trinajstić information content (AvgIpc) is 3.29. The highest BCUT2D eigenvalue weighted by Gasteiger charge is 2.67. The number of para-hydroxylation sites is 1. The van der Waals surface area contributed by atoms with Crippen LogP contribution >= 0.6 is 24.0 Å². The Balaban J connectivity index is 0.000000202. The number of phenols is 2. The van der Waals surface area contributed by atoms with Gasteiger partial charge in [0.25, 0.3) is 0 Å². The van der Waals surface area contributed by atoms with Crippen LogP contribution in [0.25, 0.3) is 0 Å². The summed E-state index contributed by atoms with van der Waals surface area (Å²) in [6, 6.07) is 16.9. The molecule has 0 radical (unpaired) electrons. The highest BCUT2D eigenvalue weighted by Crippen LogP contribution is 2.74. The zero-order chi connectivity index (χ0) is 39.7. The van der Waals surface area contributed by atoms with Gasteiger partial charge < -0.3 is 25.1 Å². The fourth-order valence-electron chi connectivity index (χ4n) is 12.1. The first-order valence-electron chi connectivity index (χ1n) is 20.6. The van der Waals surface area contributed by atoms with Crippen molar-refractivity contribution < 1.29 is 20.1 Å². The van der Waals surface area contributed by atoms with Gasteiger partial charge in [0.2, 0.25) is 0 Å². The van der Waals surface area contributed by atoms with Gasteiger partial charge in [0.1, 0.15) is 0 Å². The van der Waals surface area contributed by atoms with Gasteiger partial charge in [-0.1, -0.05) is 75.2 Å². The third-order valence-corrected chi connectivity index (χ3v) is 16.1. The van der Waals surface area contributed by atoms with Crippen molar-refractivity contribution in [2.24, 2.45) is 27.6 Å². The molecule has 1 heterocycles. The van der Waals surface area contributed by atoms with Crippen LogP contribution < -0.4 is 4.90 Å². The summed E-state index contributed by atoms with van der Waals surface area (Å²) in [5, 5.41) is 31.7. The third kappa shape index (κ3) is 6.83. The van der Waals surface area contributed by atoms with Crippen LogP contribution in [0, 0.1) is 34.5 Å². The monoisotopic (exact) mass is 802 g/mol. The first kappa shape index (κ1) is 42.4. The van der Waals surface area contributed by atoms with Gasteiger partial charge in [0.05, 0.1) is 5.41 Å². The SMILES string of the molecule is CN(C)CCCN1c2ccccc2CCc2ccc(Cl)cc21.Cc1c(O)c(O)cc2c1CC=C1C2(C)CCC2(C)C3CC(C)(C(=O)O)CCC3(C)CCC12C.Cl. The zero-order valence-corrected chi connectivity index (χ0v) is 36.5. The van der Waals surface area contributed by atoms with E-state index in [0.29, 0.717) is 5.92 Å². The molecule has 6 nitrogen and oxygen atoms in total. The molecule has 3 N–H and O–H groups in total. The summed E-state index contributed by atoms with van der Waals surface area (Å²) in [5.74, 6) is -0.282. The van der Waals surface area contributed by atoms with E-state index in [9.17, 15) is 20.1 Å². The smallest absolute Gasteiger partial charge is 0.309 e. The van der Waals surface area contributed by atoms with Crippen LogP contribution in [0.1, 0.15) is 114 Å². The summed E-state index contributed by atoms with van der Waals surface area (Å²) < 4.78 is 0. The molecular formula is C48H64Cl2N2O4. The van der Waals surface area contributed by atoms with E-state index >= 15 is 0 Å². The molecule has 3 fully saturated rings. The van der Waals surface area contributed by atoms with Crippen molar-refractivity contribution in [3.05, 3.63) is 93.0 Å². The molecule has 304 valence electrons. The molecule has 0 aromatic heterocycles. The Morgan fingerprint density at radius 1 is 0.893 bits per heavy atom. The number of aromatic hydroxyl groups is 2. The number of carboxylic acids is 1. The summed E-state index contributed by atoms with van der Waals surface area (Å²) in [4.78, 5) is 16.9. The van der Waals surface area contributed by atoms with Crippen LogP contribution in [0.4, 0.5) is 11.4 Å². The molecule has 0 saturated heterocycles. The quantitative estimate of drug-likeness (QED) is 0.176. The van der Waals surface area contributed by atoms with E-state index in [1.54, 1.807) is 0 Å². The van der Waals surface area contributed by atoms with E-state index in [4.69, 9.17) is 11.6 Å². The predicted molar refractivity (Wildman–Crippen MR) is 232 cm³/mol. The Hall–Kier alpha value is -3.19. The van der Waals surface area contributed by atoms with Gasteiger partial charge in [-0.25, -0.2) is 0 Å². The second kappa shape index (κ2) is 15.2. The van der Waals surface area contributed by atoms with Crippen molar-refractivity contribution in [3.8, 4) is 11.5 Å². The van der Waals surface area contributed by atoms with Crippen molar-refractivity contribution >= 4 is 41.4 Å². The molecule has 3 aromatic carbocycles. The molecule has 0 amide bonds. The number of benzene rings is 3. The molecule has 0 spiro atoms. The number of rotatable bonds is 5. The van der Waals surface area contributed by atoms with Crippen molar-refractivity contribution in [2.75, 3.05) is 32.1 Å². The third-order valence-electron chi connectivity index (χ3n) is 15.9. The predicted octanol–water partition coefficient (Wildman–Crippen LogP) is 11.6. The number of aliphatic carboxylic acids is 1. The molecule has 56 heavy (non-hydrogen) atoms. The van der Waals surface area contributed by atoms with Crippen LogP contribution in [0.5, 0.6) is 11.5 Å². The number of hydrogen-bond acceptors (Lipinski definition) is 5. The number of phenolic OH excluding ortho intramolecular Hbond substituents is 2. The highest BCUT2D eigenvalue weighted by atomic mass is 35.5. The Labute approximate surface area is 346 Å². The lowest BCUT2D eigenvalue weighted by molar-refractivity contribution is -0.177. The van der Waals surface area contributed by atoms with Crippen molar-refractivity contribution in [1.82, 2.24) is 4.90 Å². The van der Waals surface area contributed by atoms with E-state index in [2.05, 4.69) is 94.1 Å². The molecule has 8 rings (SSSR count). The first-order valence-corrected chi connectivity index (χ1v) is 21.0. The van der Waals surface area contributed by atoms with Crippen molar-refractivity contribution in [3.63, 3.8) is 0 Å². The Kier molecular flexibility index (Phi) is 11.5. The molecular weight excluding hydrogens is 739 g/mol. The van der Waals surface area contributed by atoms with E-state index in [-0.39, 0.29) is 45.6 Å². The molecule has 4 aliphatic carbocycles. The van der Waals surface area contributed by atoms with E-state index in [1.165, 1.54) is 33.6 Å². The lowest BCUT2D eigenvalue weighted by Crippen LogP contribution is -2.62. The number of carboxylic acid groups (broad SMARTS) is 1. The van der Waals surface area contributed by atoms with Gasteiger partial charge in [-0.2, -0.15) is 0 Å². The van der Waals surface area contributed by atoms with Gasteiger partial charge in [0.15, 0.2) is 11.5 Å². The number of fused-ring (bicyclic) bond motifs is 9. The van der Waals surface area contributed by atoms with Gasteiger partial charge >= 0.3 is 5.97 Å². The minimum absolute atomic E-state index is 0. The van der Waals surface area contributed by atoms with Crippen LogP contribution in [0.15, 0.2) is 60.2 Å². The second-order valence-electron chi connectivity index (χ2n) is 19.3. The first-order chi connectivity index (χ1) is 25.9. The summed E-state index contributed by atoms with van der Waals surface area (Å²) in [6.45, 7) is 15.6. The minimum Gasteiger partial charge on any atom is -0.504 e. The van der Waals surface area contributed by atoms with Crippen LogP contribution in [-0.4, -0.2) is 53.4 Å². The van der Waals surface area contributed by atoms with Crippen molar-refractivity contribution in [2.45, 2.75) is 118 Å². The Morgan fingerprint density at radius 2 is 1.57 bits per heavy atom. The Bertz CT molecular complexity index is 2030. The van der Waals surface area contributed by atoms with E-state index in [0.717, 1.165) is 99.9 Å². The standard InChI is InChI=1S/C29H40O4.C19H23ClN2.ClH/c1-17-18-7-8-21-27(4,19(18)15-20(30)23(17)31)12-14-29(6)22-16-26(3,24(32)33)10-9-25(22,2)11-13-28(21,29)5;1-21(2)12-5-13-22-18-7-4-3-6-15(18)8-9-16-10-11-17(20)14-19(16)22;/h8,15,22,30-31H,7,9-14,16H2,1-6H3,(H,32,33);3-4,6-7,10-11,14H,5,8-9,12-13H2,1-2H3;1H. The molecule has 6 atom stereocenters. The van der Waals surface area contributed by atoms with Crippen LogP contribution in [0.3, 0.4) is 0 Å². The number of aryl methyl sites for hydroxylation is 2. The molecule has 0 bridgehead atoms.